The largest absolute Gasteiger partial charge is 0.294 e. The highest BCUT2D eigenvalue weighted by molar-refractivity contribution is 5.96. The van der Waals surface area contributed by atoms with E-state index >= 15 is 0 Å². The Hall–Kier alpha value is -1.63. The third-order valence-electron chi connectivity index (χ3n) is 2.82. The molecule has 0 bridgehead atoms. The van der Waals surface area contributed by atoms with Crippen molar-refractivity contribution in [3.63, 3.8) is 0 Å². The Labute approximate surface area is 104 Å². The zero-order valence-corrected chi connectivity index (χ0v) is 10.4. The molecule has 0 amide bonds. The predicted molar refractivity (Wildman–Crippen MR) is 73.1 cm³/mol. The van der Waals surface area contributed by atoms with Gasteiger partial charge in [0.2, 0.25) is 0 Å². The van der Waals surface area contributed by atoms with Crippen LogP contribution in [-0.4, -0.2) is 5.78 Å². The molecule has 0 aliphatic heterocycles. The molecule has 17 heavy (non-hydrogen) atoms. The van der Waals surface area contributed by atoms with E-state index in [1.807, 2.05) is 49.4 Å². The third kappa shape index (κ3) is 4.81. The normalized spacial score (nSPS) is 12.5. The van der Waals surface area contributed by atoms with Crippen LogP contribution >= 0.6 is 0 Å². The Morgan fingerprint density at radius 2 is 2.06 bits per heavy atom. The summed E-state index contributed by atoms with van der Waals surface area (Å²) in [4.78, 5) is 12.0. The average Bonchev–Trinajstić information content (AvgIpc) is 2.38. The Balaban J connectivity index is 2.51. The molecule has 1 atom stereocenters. The van der Waals surface area contributed by atoms with E-state index < -0.39 is 0 Å². The van der Waals surface area contributed by atoms with Crippen molar-refractivity contribution in [1.82, 2.24) is 0 Å². The summed E-state index contributed by atoms with van der Waals surface area (Å²) in [6.07, 6.45) is 8.62. The molecule has 0 spiro atoms. The number of ketones is 1. The van der Waals surface area contributed by atoms with Gasteiger partial charge in [0.25, 0.3) is 0 Å². The van der Waals surface area contributed by atoms with Crippen LogP contribution in [0.25, 0.3) is 0 Å². The van der Waals surface area contributed by atoms with Gasteiger partial charge in [-0.3, -0.25) is 4.79 Å². The van der Waals surface area contributed by atoms with Crippen molar-refractivity contribution in [3.8, 4) is 0 Å². The maximum Gasteiger partial charge on any atom is 0.163 e. The van der Waals surface area contributed by atoms with Crippen molar-refractivity contribution < 1.29 is 4.79 Å². The van der Waals surface area contributed by atoms with Gasteiger partial charge >= 0.3 is 0 Å². The number of allylic oxidation sites excluding steroid dienone is 3. The van der Waals surface area contributed by atoms with Crippen LogP contribution in [0.5, 0.6) is 0 Å². The zero-order chi connectivity index (χ0) is 12.5. The molecule has 0 saturated carbocycles. The standard InChI is InChI=1S/C16H20O/c1-3-5-7-10-14(4-2)13-16(17)15-11-8-6-9-12-15/h3-6,8-9,11-12,14H,2,7,10,13H2,1H3/b5-3+. The summed E-state index contributed by atoms with van der Waals surface area (Å²) in [6, 6.07) is 9.46. The minimum atomic E-state index is 0.205. The Kier molecular flexibility index (Phi) is 6.02. The second-order valence-electron chi connectivity index (χ2n) is 4.14. The Morgan fingerprint density at radius 3 is 2.65 bits per heavy atom. The molecule has 1 heteroatoms. The molecule has 1 rings (SSSR count). The topological polar surface area (TPSA) is 17.1 Å². The molecule has 0 aliphatic rings. The summed E-state index contributed by atoms with van der Waals surface area (Å²) in [5, 5.41) is 0. The highest BCUT2D eigenvalue weighted by Crippen LogP contribution is 2.16. The number of hydrogen-bond acceptors (Lipinski definition) is 1. The Morgan fingerprint density at radius 1 is 1.35 bits per heavy atom. The van der Waals surface area contributed by atoms with E-state index in [2.05, 4.69) is 12.7 Å². The van der Waals surface area contributed by atoms with Gasteiger partial charge in [0, 0.05) is 12.0 Å². The van der Waals surface area contributed by atoms with Crippen LogP contribution in [0.1, 0.15) is 36.5 Å². The highest BCUT2D eigenvalue weighted by Gasteiger charge is 2.11. The summed E-state index contributed by atoms with van der Waals surface area (Å²) in [6.45, 7) is 5.82. The lowest BCUT2D eigenvalue weighted by atomic mass is 9.94. The number of benzene rings is 1. The number of carbonyl (C=O) groups excluding carboxylic acids is 1. The molecule has 90 valence electrons. The van der Waals surface area contributed by atoms with Gasteiger partial charge < -0.3 is 0 Å². The van der Waals surface area contributed by atoms with E-state index in [1.165, 1.54) is 0 Å². The molecule has 0 aromatic heterocycles. The molecule has 1 aromatic carbocycles. The van der Waals surface area contributed by atoms with Gasteiger partial charge in [0.15, 0.2) is 5.78 Å². The molecule has 0 saturated heterocycles. The van der Waals surface area contributed by atoms with Crippen molar-refractivity contribution in [1.29, 1.82) is 0 Å². The van der Waals surface area contributed by atoms with Crippen molar-refractivity contribution in [3.05, 3.63) is 60.7 Å². The maximum absolute atomic E-state index is 12.0. The van der Waals surface area contributed by atoms with Gasteiger partial charge in [0.05, 0.1) is 0 Å². The van der Waals surface area contributed by atoms with Gasteiger partial charge in [-0.2, -0.15) is 0 Å². The number of hydrogen-bond donors (Lipinski definition) is 0. The van der Waals surface area contributed by atoms with E-state index in [4.69, 9.17) is 0 Å². The van der Waals surface area contributed by atoms with Crippen LogP contribution in [0.2, 0.25) is 0 Å². The van der Waals surface area contributed by atoms with Crippen molar-refractivity contribution in [2.24, 2.45) is 5.92 Å². The summed E-state index contributed by atoms with van der Waals surface area (Å²) in [5.41, 5.74) is 0.797. The zero-order valence-electron chi connectivity index (χ0n) is 10.4. The molecular formula is C16H20O. The van der Waals surface area contributed by atoms with Crippen molar-refractivity contribution >= 4 is 5.78 Å². The number of carbonyl (C=O) groups is 1. The fourth-order valence-corrected chi connectivity index (χ4v) is 1.76. The monoisotopic (exact) mass is 228 g/mol. The summed E-state index contributed by atoms with van der Waals surface area (Å²) < 4.78 is 0. The van der Waals surface area contributed by atoms with Gasteiger partial charge in [-0.15, -0.1) is 6.58 Å². The van der Waals surface area contributed by atoms with Crippen LogP contribution in [0.15, 0.2) is 55.1 Å². The summed E-state index contributed by atoms with van der Waals surface area (Å²) >= 11 is 0. The first-order valence-corrected chi connectivity index (χ1v) is 6.10. The second-order valence-corrected chi connectivity index (χ2v) is 4.14. The maximum atomic E-state index is 12.0. The van der Waals surface area contributed by atoms with Gasteiger partial charge in [0.1, 0.15) is 0 Å². The minimum absolute atomic E-state index is 0.205. The van der Waals surface area contributed by atoms with Crippen LogP contribution < -0.4 is 0 Å². The van der Waals surface area contributed by atoms with Crippen LogP contribution in [0.4, 0.5) is 0 Å². The molecular weight excluding hydrogens is 208 g/mol. The van der Waals surface area contributed by atoms with Crippen molar-refractivity contribution in [2.75, 3.05) is 0 Å². The predicted octanol–water partition coefficient (Wildman–Crippen LogP) is 4.42. The van der Waals surface area contributed by atoms with Gasteiger partial charge in [-0.05, 0) is 25.7 Å². The number of rotatable bonds is 7. The summed E-state index contributed by atoms with van der Waals surface area (Å²) in [5.74, 6) is 0.481. The van der Waals surface area contributed by atoms with E-state index in [1.54, 1.807) is 0 Å². The molecule has 1 nitrogen and oxygen atoms in total. The molecule has 0 fully saturated rings. The second kappa shape index (κ2) is 7.61. The molecule has 1 aromatic rings. The minimum Gasteiger partial charge on any atom is -0.294 e. The molecule has 0 N–H and O–H groups in total. The highest BCUT2D eigenvalue weighted by atomic mass is 16.1. The lowest BCUT2D eigenvalue weighted by molar-refractivity contribution is 0.0968. The average molecular weight is 228 g/mol. The van der Waals surface area contributed by atoms with Crippen LogP contribution in [0, 0.1) is 5.92 Å². The quantitative estimate of drug-likeness (QED) is 0.499. The van der Waals surface area contributed by atoms with Crippen LogP contribution in [-0.2, 0) is 0 Å². The fraction of sp³-hybridized carbons (Fsp3) is 0.312. The van der Waals surface area contributed by atoms with E-state index in [0.717, 1.165) is 18.4 Å². The fourth-order valence-electron chi connectivity index (χ4n) is 1.76. The first kappa shape index (κ1) is 13.4. The Bertz CT molecular complexity index is 376. The molecule has 1 unspecified atom stereocenters. The number of Topliss-reactive ketones (excluding diaryl/α,β-unsaturated/α-hetero) is 1. The first-order chi connectivity index (χ1) is 8.27. The summed E-state index contributed by atoms with van der Waals surface area (Å²) in [7, 11) is 0. The van der Waals surface area contributed by atoms with E-state index in [0.29, 0.717) is 6.42 Å². The van der Waals surface area contributed by atoms with Gasteiger partial charge in [-0.1, -0.05) is 48.6 Å². The van der Waals surface area contributed by atoms with E-state index in [-0.39, 0.29) is 11.7 Å². The van der Waals surface area contributed by atoms with E-state index in [9.17, 15) is 4.79 Å². The molecule has 0 heterocycles. The lowest BCUT2D eigenvalue weighted by Gasteiger charge is -2.10. The third-order valence-corrected chi connectivity index (χ3v) is 2.82. The molecule has 0 radical (unpaired) electrons. The lowest BCUT2D eigenvalue weighted by Crippen LogP contribution is -2.06. The van der Waals surface area contributed by atoms with Gasteiger partial charge in [-0.25, -0.2) is 0 Å². The first-order valence-electron chi connectivity index (χ1n) is 6.10. The smallest absolute Gasteiger partial charge is 0.163 e. The molecule has 0 aliphatic carbocycles. The SMILES string of the molecule is C=CC(CC/C=C/C)CC(=O)c1ccccc1. The van der Waals surface area contributed by atoms with Crippen LogP contribution in [0.3, 0.4) is 0 Å². The van der Waals surface area contributed by atoms with Crippen molar-refractivity contribution in [2.45, 2.75) is 26.2 Å².